The van der Waals surface area contributed by atoms with Crippen LogP contribution >= 0.6 is 15.9 Å². The molecule has 2 aromatic rings. The number of amides is 1. The Balaban J connectivity index is 2.24. The lowest BCUT2D eigenvalue weighted by atomic mass is 10.3. The number of hydrogen-bond acceptors (Lipinski definition) is 4. The van der Waals surface area contributed by atoms with E-state index in [0.29, 0.717) is 4.47 Å². The summed E-state index contributed by atoms with van der Waals surface area (Å²) >= 11 is 3.15. The zero-order valence-corrected chi connectivity index (χ0v) is 10.6. The fourth-order valence-electron chi connectivity index (χ4n) is 1.26. The van der Waals surface area contributed by atoms with Crippen LogP contribution < -0.4 is 11.1 Å². The highest BCUT2D eigenvalue weighted by Gasteiger charge is 2.13. The Labute approximate surface area is 110 Å². The Morgan fingerprint density at radius 2 is 2.06 bits per heavy atom. The van der Waals surface area contributed by atoms with Crippen LogP contribution in [0.25, 0.3) is 0 Å². The van der Waals surface area contributed by atoms with E-state index in [2.05, 4.69) is 31.4 Å². The van der Waals surface area contributed by atoms with E-state index >= 15 is 0 Å². The number of nitrogens with one attached hydrogen (secondary N) is 1. The summed E-state index contributed by atoms with van der Waals surface area (Å²) in [6, 6.07) is 7.24. The molecule has 0 atom stereocenters. The average molecular weight is 311 g/mol. The molecule has 1 aromatic heterocycles. The Bertz CT molecular complexity index is 568. The molecular weight excluding hydrogens is 303 g/mol. The molecule has 0 saturated carbocycles. The maximum absolute atomic E-state index is 13.5. The zero-order valence-electron chi connectivity index (χ0n) is 9.02. The Morgan fingerprint density at radius 3 is 2.67 bits per heavy atom. The first-order valence-electron chi connectivity index (χ1n) is 4.92. The molecule has 2 rings (SSSR count). The van der Waals surface area contributed by atoms with Crippen molar-refractivity contribution in [3.05, 3.63) is 46.3 Å². The van der Waals surface area contributed by atoms with Gasteiger partial charge >= 0.3 is 0 Å². The summed E-state index contributed by atoms with van der Waals surface area (Å²) in [5.74, 6) is -0.895. The fraction of sp³-hybridized carbons (Fsp3) is 0. The first kappa shape index (κ1) is 12.4. The summed E-state index contributed by atoms with van der Waals surface area (Å²) in [5, 5.41) is 9.57. The molecule has 0 unspecified atom stereocenters. The third-order valence-corrected chi connectivity index (χ3v) is 2.78. The van der Waals surface area contributed by atoms with Gasteiger partial charge in [-0.1, -0.05) is 6.07 Å². The van der Waals surface area contributed by atoms with Crippen molar-refractivity contribution in [1.29, 1.82) is 0 Å². The van der Waals surface area contributed by atoms with Crippen LogP contribution in [0.15, 0.2) is 34.8 Å². The van der Waals surface area contributed by atoms with Crippen molar-refractivity contribution in [3.63, 3.8) is 0 Å². The largest absolute Gasteiger partial charge is 0.382 e. The molecule has 92 valence electrons. The van der Waals surface area contributed by atoms with Gasteiger partial charge in [-0.3, -0.25) is 4.79 Å². The molecule has 1 amide bonds. The third kappa shape index (κ3) is 2.62. The minimum Gasteiger partial charge on any atom is -0.382 e. The second kappa shape index (κ2) is 5.09. The molecule has 5 nitrogen and oxygen atoms in total. The number of anilines is 2. The molecule has 0 aliphatic carbocycles. The highest BCUT2D eigenvalue weighted by atomic mass is 79.9. The molecule has 0 aliphatic rings. The number of para-hydroxylation sites is 1. The Kier molecular flexibility index (Phi) is 3.52. The van der Waals surface area contributed by atoms with Crippen molar-refractivity contribution in [2.45, 2.75) is 0 Å². The predicted molar refractivity (Wildman–Crippen MR) is 68.5 cm³/mol. The quantitative estimate of drug-likeness (QED) is 0.891. The number of nitrogens with two attached hydrogens (primary N) is 1. The SMILES string of the molecule is Nc1ccc(C(=O)Nc2c(F)cccc2Br)nn1. The highest BCUT2D eigenvalue weighted by Crippen LogP contribution is 2.25. The zero-order chi connectivity index (χ0) is 13.1. The molecule has 7 heteroatoms. The van der Waals surface area contributed by atoms with Crippen LogP contribution in [-0.2, 0) is 0 Å². The molecule has 1 aromatic carbocycles. The predicted octanol–water partition coefficient (Wildman–Crippen LogP) is 2.21. The van der Waals surface area contributed by atoms with Crippen LogP contribution in [0, 0.1) is 5.82 Å². The number of hydrogen-bond donors (Lipinski definition) is 2. The molecule has 3 N–H and O–H groups in total. The summed E-state index contributed by atoms with van der Waals surface area (Å²) in [4.78, 5) is 11.8. The second-order valence-electron chi connectivity index (χ2n) is 3.39. The maximum atomic E-state index is 13.5. The lowest BCUT2D eigenvalue weighted by molar-refractivity contribution is 0.102. The number of carbonyl (C=O) groups is 1. The first-order valence-corrected chi connectivity index (χ1v) is 5.72. The van der Waals surface area contributed by atoms with Crippen molar-refractivity contribution in [2.75, 3.05) is 11.1 Å². The first-order chi connectivity index (χ1) is 8.58. The van der Waals surface area contributed by atoms with E-state index in [-0.39, 0.29) is 17.2 Å². The van der Waals surface area contributed by atoms with E-state index in [1.54, 1.807) is 6.07 Å². The summed E-state index contributed by atoms with van der Waals surface area (Å²) in [5.41, 5.74) is 5.47. The molecule has 18 heavy (non-hydrogen) atoms. The molecule has 0 saturated heterocycles. The van der Waals surface area contributed by atoms with Gasteiger partial charge < -0.3 is 11.1 Å². The summed E-state index contributed by atoms with van der Waals surface area (Å²) in [6.45, 7) is 0. The molecule has 0 fully saturated rings. The van der Waals surface area contributed by atoms with E-state index < -0.39 is 11.7 Å². The monoisotopic (exact) mass is 310 g/mol. The normalized spacial score (nSPS) is 10.1. The van der Waals surface area contributed by atoms with Crippen LogP contribution in [0.2, 0.25) is 0 Å². The van der Waals surface area contributed by atoms with Crippen molar-refractivity contribution in [1.82, 2.24) is 10.2 Å². The summed E-state index contributed by atoms with van der Waals surface area (Å²) in [7, 11) is 0. The van der Waals surface area contributed by atoms with E-state index in [9.17, 15) is 9.18 Å². The van der Waals surface area contributed by atoms with E-state index in [0.717, 1.165) is 0 Å². The van der Waals surface area contributed by atoms with Gasteiger partial charge in [-0.25, -0.2) is 4.39 Å². The molecule has 0 aliphatic heterocycles. The minimum absolute atomic E-state index is 0.0550. The van der Waals surface area contributed by atoms with Crippen LogP contribution in [-0.4, -0.2) is 16.1 Å². The van der Waals surface area contributed by atoms with Gasteiger partial charge in [0, 0.05) is 4.47 Å². The van der Waals surface area contributed by atoms with Crippen molar-refractivity contribution < 1.29 is 9.18 Å². The van der Waals surface area contributed by atoms with Crippen molar-refractivity contribution in [3.8, 4) is 0 Å². The van der Waals surface area contributed by atoms with Crippen LogP contribution in [0.4, 0.5) is 15.9 Å². The second-order valence-corrected chi connectivity index (χ2v) is 4.25. The third-order valence-electron chi connectivity index (χ3n) is 2.12. The van der Waals surface area contributed by atoms with Gasteiger partial charge in [-0.2, -0.15) is 0 Å². The van der Waals surface area contributed by atoms with Gasteiger partial charge in [0.15, 0.2) is 5.69 Å². The maximum Gasteiger partial charge on any atom is 0.276 e. The van der Waals surface area contributed by atoms with E-state index in [1.807, 2.05) is 0 Å². The smallest absolute Gasteiger partial charge is 0.276 e. The van der Waals surface area contributed by atoms with Gasteiger partial charge in [-0.05, 0) is 40.2 Å². The van der Waals surface area contributed by atoms with Crippen LogP contribution in [0.3, 0.4) is 0 Å². The van der Waals surface area contributed by atoms with Gasteiger partial charge in [-0.15, -0.1) is 10.2 Å². The fourth-order valence-corrected chi connectivity index (χ4v) is 1.70. The standard InChI is InChI=1S/C11H8BrFN4O/c12-6-2-1-3-7(13)10(6)15-11(18)8-4-5-9(14)17-16-8/h1-5H,(H2,14,17)(H,15,18). The molecule has 0 radical (unpaired) electrons. The van der Waals surface area contributed by atoms with Crippen LogP contribution in [0.1, 0.15) is 10.5 Å². The molecular formula is C11H8BrFN4O. The number of carbonyl (C=O) groups excluding carboxylic acids is 1. The van der Waals surface area contributed by atoms with Gasteiger partial charge in [0.1, 0.15) is 11.6 Å². The Morgan fingerprint density at radius 1 is 1.28 bits per heavy atom. The number of halogens is 2. The van der Waals surface area contributed by atoms with Crippen LogP contribution in [0.5, 0.6) is 0 Å². The lowest BCUT2D eigenvalue weighted by Gasteiger charge is -2.07. The van der Waals surface area contributed by atoms with E-state index in [4.69, 9.17) is 5.73 Å². The molecule has 1 heterocycles. The van der Waals surface area contributed by atoms with Gasteiger partial charge in [0.05, 0.1) is 5.69 Å². The van der Waals surface area contributed by atoms with Crippen molar-refractivity contribution >= 4 is 33.3 Å². The number of aromatic nitrogens is 2. The van der Waals surface area contributed by atoms with Gasteiger partial charge in [0.25, 0.3) is 5.91 Å². The molecule has 0 bridgehead atoms. The topological polar surface area (TPSA) is 80.9 Å². The van der Waals surface area contributed by atoms with Crippen molar-refractivity contribution in [2.24, 2.45) is 0 Å². The summed E-state index contributed by atoms with van der Waals surface area (Å²) in [6.07, 6.45) is 0. The molecule has 0 spiro atoms. The number of nitrogen functional groups attached to an aromatic ring is 1. The van der Waals surface area contributed by atoms with Gasteiger partial charge in [0.2, 0.25) is 0 Å². The lowest BCUT2D eigenvalue weighted by Crippen LogP contribution is -2.15. The summed E-state index contributed by atoms with van der Waals surface area (Å²) < 4.78 is 13.9. The number of nitrogens with zero attached hydrogens (tertiary/aromatic N) is 2. The average Bonchev–Trinajstić information content (AvgIpc) is 2.34. The Hall–Kier alpha value is -2.02. The van der Waals surface area contributed by atoms with E-state index in [1.165, 1.54) is 24.3 Å². The minimum atomic E-state index is -0.562. The number of benzene rings is 1. The highest BCUT2D eigenvalue weighted by molar-refractivity contribution is 9.10. The number of rotatable bonds is 2.